The minimum Gasteiger partial charge on any atom is -0.382 e. The van der Waals surface area contributed by atoms with Crippen molar-refractivity contribution in [3.63, 3.8) is 0 Å². The second kappa shape index (κ2) is 12.1. The predicted molar refractivity (Wildman–Crippen MR) is 79.7 cm³/mol. The Bertz CT molecular complexity index is 266. The van der Waals surface area contributed by atoms with Gasteiger partial charge in [-0.3, -0.25) is 5.32 Å². The first kappa shape index (κ1) is 19.3. The largest absolute Gasteiger partial charge is 0.382 e. The molecule has 118 valence electrons. The molecule has 0 aliphatic heterocycles. The van der Waals surface area contributed by atoms with Gasteiger partial charge in [-0.25, -0.2) is 0 Å². The number of hydrogen-bond acceptors (Lipinski definition) is 5. The summed E-state index contributed by atoms with van der Waals surface area (Å²) in [7, 11) is 1.66. The van der Waals surface area contributed by atoms with Gasteiger partial charge in [0.2, 0.25) is 0 Å². The first-order chi connectivity index (χ1) is 9.54. The standard InChI is InChI=1S/C15H30N2O3/c1-14(2)17-15(3,13-16)7-5-8-19-9-6-10-20-12-11-18-4/h14,17H,5-12H2,1-4H3. The molecule has 0 saturated heterocycles. The fraction of sp³-hybridized carbons (Fsp3) is 0.933. The highest BCUT2D eigenvalue weighted by Gasteiger charge is 2.23. The van der Waals surface area contributed by atoms with Gasteiger partial charge in [-0.15, -0.1) is 0 Å². The van der Waals surface area contributed by atoms with Crippen molar-refractivity contribution in [2.24, 2.45) is 0 Å². The lowest BCUT2D eigenvalue weighted by Crippen LogP contribution is -2.45. The maximum Gasteiger partial charge on any atom is 0.104 e. The Morgan fingerprint density at radius 1 is 1.05 bits per heavy atom. The van der Waals surface area contributed by atoms with Gasteiger partial charge in [0.15, 0.2) is 0 Å². The van der Waals surface area contributed by atoms with Crippen LogP contribution in [0, 0.1) is 11.3 Å². The fourth-order valence-corrected chi connectivity index (χ4v) is 1.93. The van der Waals surface area contributed by atoms with Crippen molar-refractivity contribution in [3.05, 3.63) is 0 Å². The van der Waals surface area contributed by atoms with Crippen molar-refractivity contribution in [1.29, 1.82) is 5.26 Å². The van der Waals surface area contributed by atoms with E-state index in [1.54, 1.807) is 7.11 Å². The summed E-state index contributed by atoms with van der Waals surface area (Å²) in [5.41, 5.74) is -0.458. The summed E-state index contributed by atoms with van der Waals surface area (Å²) < 4.78 is 15.8. The Morgan fingerprint density at radius 3 is 2.20 bits per heavy atom. The number of methoxy groups -OCH3 is 1. The second-order valence-corrected chi connectivity index (χ2v) is 5.42. The molecule has 0 fully saturated rings. The first-order valence-corrected chi connectivity index (χ1v) is 7.37. The van der Waals surface area contributed by atoms with Gasteiger partial charge in [0, 0.05) is 33.0 Å². The van der Waals surface area contributed by atoms with Crippen LogP contribution >= 0.6 is 0 Å². The van der Waals surface area contributed by atoms with E-state index in [1.165, 1.54) is 0 Å². The number of rotatable bonds is 13. The molecule has 5 nitrogen and oxygen atoms in total. The van der Waals surface area contributed by atoms with Gasteiger partial charge >= 0.3 is 0 Å². The smallest absolute Gasteiger partial charge is 0.104 e. The van der Waals surface area contributed by atoms with Gasteiger partial charge in [-0.2, -0.15) is 5.26 Å². The van der Waals surface area contributed by atoms with Crippen LogP contribution in [0.3, 0.4) is 0 Å². The van der Waals surface area contributed by atoms with Gasteiger partial charge in [0.05, 0.1) is 19.3 Å². The minimum absolute atomic E-state index is 0.310. The summed E-state index contributed by atoms with van der Waals surface area (Å²) in [5.74, 6) is 0. The zero-order chi connectivity index (χ0) is 15.3. The molecule has 0 aromatic carbocycles. The molecule has 0 aliphatic rings. The van der Waals surface area contributed by atoms with Crippen LogP contribution in [0.2, 0.25) is 0 Å². The predicted octanol–water partition coefficient (Wildman–Crippen LogP) is 2.12. The molecule has 0 spiro atoms. The van der Waals surface area contributed by atoms with E-state index in [2.05, 4.69) is 25.2 Å². The molecule has 1 atom stereocenters. The average Bonchev–Trinajstić information content (AvgIpc) is 2.40. The third-order valence-corrected chi connectivity index (χ3v) is 2.83. The molecule has 1 unspecified atom stereocenters. The van der Waals surface area contributed by atoms with Crippen LogP contribution in [0.25, 0.3) is 0 Å². The van der Waals surface area contributed by atoms with Gasteiger partial charge in [-0.05, 0) is 40.0 Å². The normalized spacial score (nSPS) is 14.2. The summed E-state index contributed by atoms with van der Waals surface area (Å²) in [6.45, 7) is 9.41. The van der Waals surface area contributed by atoms with E-state index in [0.717, 1.165) is 19.3 Å². The van der Waals surface area contributed by atoms with Crippen molar-refractivity contribution >= 4 is 0 Å². The molecule has 20 heavy (non-hydrogen) atoms. The Hall–Kier alpha value is -0.670. The lowest BCUT2D eigenvalue weighted by molar-refractivity contribution is 0.0503. The van der Waals surface area contributed by atoms with Crippen molar-refractivity contribution < 1.29 is 14.2 Å². The molecular formula is C15H30N2O3. The van der Waals surface area contributed by atoms with Crippen molar-refractivity contribution in [2.45, 2.75) is 51.6 Å². The molecule has 1 N–H and O–H groups in total. The Kier molecular flexibility index (Phi) is 11.7. The summed E-state index contributed by atoms with van der Waals surface area (Å²) in [4.78, 5) is 0. The van der Waals surface area contributed by atoms with Gasteiger partial charge < -0.3 is 14.2 Å². The molecule has 0 rings (SSSR count). The summed E-state index contributed by atoms with van der Waals surface area (Å²) in [6, 6.07) is 2.65. The van der Waals surface area contributed by atoms with Crippen LogP contribution in [-0.2, 0) is 14.2 Å². The molecule has 0 bridgehead atoms. The first-order valence-electron chi connectivity index (χ1n) is 7.37. The SMILES string of the molecule is COCCOCCCOCCCC(C)(C#N)NC(C)C. The van der Waals surface area contributed by atoms with Gasteiger partial charge in [-0.1, -0.05) is 0 Å². The van der Waals surface area contributed by atoms with E-state index in [4.69, 9.17) is 14.2 Å². The number of hydrogen-bond donors (Lipinski definition) is 1. The van der Waals surface area contributed by atoms with Crippen molar-refractivity contribution in [3.8, 4) is 6.07 Å². The number of ether oxygens (including phenoxy) is 3. The summed E-state index contributed by atoms with van der Waals surface area (Å²) >= 11 is 0. The molecule has 0 aliphatic carbocycles. The van der Waals surface area contributed by atoms with Crippen molar-refractivity contribution in [1.82, 2.24) is 5.32 Å². The number of nitrogens with one attached hydrogen (secondary N) is 1. The van der Waals surface area contributed by atoms with Crippen LogP contribution < -0.4 is 5.32 Å². The third kappa shape index (κ3) is 11.2. The lowest BCUT2D eigenvalue weighted by atomic mass is 9.97. The van der Waals surface area contributed by atoms with Gasteiger partial charge in [0.1, 0.15) is 5.54 Å². The Balaban J connectivity index is 3.45. The van der Waals surface area contributed by atoms with E-state index in [9.17, 15) is 5.26 Å². The zero-order valence-electron chi connectivity index (χ0n) is 13.4. The molecule has 0 radical (unpaired) electrons. The highest BCUT2D eigenvalue weighted by atomic mass is 16.5. The fourth-order valence-electron chi connectivity index (χ4n) is 1.93. The molecular weight excluding hydrogens is 256 g/mol. The minimum atomic E-state index is -0.458. The zero-order valence-corrected chi connectivity index (χ0v) is 13.4. The van der Waals surface area contributed by atoms with Gasteiger partial charge in [0.25, 0.3) is 0 Å². The van der Waals surface area contributed by atoms with E-state index in [-0.39, 0.29) is 0 Å². The van der Waals surface area contributed by atoms with E-state index in [0.29, 0.717) is 39.1 Å². The van der Waals surface area contributed by atoms with E-state index in [1.807, 2.05) is 6.92 Å². The maximum absolute atomic E-state index is 9.20. The lowest BCUT2D eigenvalue weighted by Gasteiger charge is -2.25. The van der Waals surface area contributed by atoms with E-state index < -0.39 is 5.54 Å². The quantitative estimate of drug-likeness (QED) is 0.525. The van der Waals surface area contributed by atoms with Crippen LogP contribution in [-0.4, -0.2) is 51.7 Å². The monoisotopic (exact) mass is 286 g/mol. The van der Waals surface area contributed by atoms with Crippen molar-refractivity contribution in [2.75, 3.05) is 40.1 Å². The summed E-state index contributed by atoms with van der Waals surface area (Å²) in [6.07, 6.45) is 2.57. The van der Waals surface area contributed by atoms with Crippen LogP contribution in [0.1, 0.15) is 40.0 Å². The molecule has 0 aromatic rings. The molecule has 0 saturated carbocycles. The maximum atomic E-state index is 9.20. The van der Waals surface area contributed by atoms with Crippen LogP contribution in [0.15, 0.2) is 0 Å². The molecule has 0 amide bonds. The highest BCUT2D eigenvalue weighted by molar-refractivity contribution is 5.04. The molecule has 0 aromatic heterocycles. The highest BCUT2D eigenvalue weighted by Crippen LogP contribution is 2.12. The second-order valence-electron chi connectivity index (χ2n) is 5.42. The van der Waals surface area contributed by atoms with E-state index >= 15 is 0 Å². The molecule has 0 heterocycles. The average molecular weight is 286 g/mol. The number of nitrogens with zero attached hydrogens (tertiary/aromatic N) is 1. The topological polar surface area (TPSA) is 63.5 Å². The molecule has 5 heteroatoms. The number of nitriles is 1. The Labute approximate surface area is 123 Å². The summed E-state index contributed by atoms with van der Waals surface area (Å²) in [5, 5.41) is 12.5. The Morgan fingerprint density at radius 2 is 1.65 bits per heavy atom. The van der Waals surface area contributed by atoms with Crippen LogP contribution in [0.4, 0.5) is 0 Å². The third-order valence-electron chi connectivity index (χ3n) is 2.83. The van der Waals surface area contributed by atoms with Crippen LogP contribution in [0.5, 0.6) is 0 Å².